The minimum atomic E-state index is -0.167. The van der Waals surface area contributed by atoms with Crippen molar-refractivity contribution >= 4 is 34.3 Å². The van der Waals surface area contributed by atoms with E-state index < -0.39 is 0 Å². The number of hydrogen-bond donors (Lipinski definition) is 0. The van der Waals surface area contributed by atoms with E-state index in [0.29, 0.717) is 0 Å². The number of pyridine rings is 1. The minimum Gasteiger partial charge on any atom is -0.311 e. The van der Waals surface area contributed by atoms with Crippen molar-refractivity contribution in [2.75, 3.05) is 11.4 Å². The Hall–Kier alpha value is -2.33. The van der Waals surface area contributed by atoms with E-state index in [4.69, 9.17) is 0 Å². The minimum absolute atomic E-state index is 0.159. The van der Waals surface area contributed by atoms with Crippen LogP contribution >= 0.6 is 11.8 Å². The molecule has 3 aromatic rings. The third kappa shape index (κ3) is 3.27. The molecule has 1 aliphatic heterocycles. The van der Waals surface area contributed by atoms with Crippen LogP contribution in [0.3, 0.4) is 0 Å². The van der Waals surface area contributed by atoms with Gasteiger partial charge in [0.15, 0.2) is 0 Å². The molecular weight excluding hydrogens is 328 g/mol. The summed E-state index contributed by atoms with van der Waals surface area (Å²) in [5.74, 6) is 0.159. The lowest BCUT2D eigenvalue weighted by Gasteiger charge is -2.31. The summed E-state index contributed by atoms with van der Waals surface area (Å²) in [4.78, 5) is 19.6. The van der Waals surface area contributed by atoms with Gasteiger partial charge in [-0.1, -0.05) is 54.2 Å². The third-order valence-electron chi connectivity index (χ3n) is 4.59. The average Bonchev–Trinajstić information content (AvgIpc) is 2.67. The first-order chi connectivity index (χ1) is 12.2. The molecule has 1 unspecified atom stereocenters. The van der Waals surface area contributed by atoms with Crippen LogP contribution in [0.25, 0.3) is 10.9 Å². The highest BCUT2D eigenvalue weighted by Crippen LogP contribution is 2.31. The molecule has 25 heavy (non-hydrogen) atoms. The molecule has 1 aromatic heterocycles. The third-order valence-corrected chi connectivity index (χ3v) is 5.62. The Labute approximate surface area is 152 Å². The van der Waals surface area contributed by atoms with Crippen LogP contribution in [0.1, 0.15) is 18.9 Å². The Morgan fingerprint density at radius 2 is 1.88 bits per heavy atom. The van der Waals surface area contributed by atoms with Gasteiger partial charge < -0.3 is 4.90 Å². The maximum atomic E-state index is 13.0. The van der Waals surface area contributed by atoms with Gasteiger partial charge in [-0.3, -0.25) is 4.79 Å². The summed E-state index contributed by atoms with van der Waals surface area (Å²) in [5.41, 5.74) is 3.30. The van der Waals surface area contributed by atoms with Gasteiger partial charge in [0.1, 0.15) is 0 Å². The predicted octanol–water partition coefficient (Wildman–Crippen LogP) is 4.69. The number of aromatic nitrogens is 1. The molecule has 4 rings (SSSR count). The second-order valence-electron chi connectivity index (χ2n) is 6.32. The molecule has 1 amide bonds. The summed E-state index contributed by atoms with van der Waals surface area (Å²) in [7, 11) is 0. The van der Waals surface area contributed by atoms with Gasteiger partial charge in [-0.05, 0) is 43.5 Å². The van der Waals surface area contributed by atoms with Gasteiger partial charge in [0.05, 0.1) is 15.8 Å². The molecule has 2 heterocycles. The summed E-state index contributed by atoms with van der Waals surface area (Å²) in [6.07, 6.45) is 2.07. The topological polar surface area (TPSA) is 33.2 Å². The molecule has 0 fully saturated rings. The molecule has 0 bridgehead atoms. The smallest absolute Gasteiger partial charge is 0.240 e. The van der Waals surface area contributed by atoms with Crippen LogP contribution in [0.15, 0.2) is 65.7 Å². The van der Waals surface area contributed by atoms with Gasteiger partial charge in [0, 0.05) is 17.6 Å². The zero-order valence-electron chi connectivity index (χ0n) is 14.2. The molecule has 3 nitrogen and oxygen atoms in total. The van der Waals surface area contributed by atoms with E-state index in [1.165, 1.54) is 17.3 Å². The number of aryl methyl sites for hydroxylation is 1. The van der Waals surface area contributed by atoms with Gasteiger partial charge in [-0.2, -0.15) is 0 Å². The van der Waals surface area contributed by atoms with Crippen LogP contribution < -0.4 is 4.90 Å². The number of amides is 1. The number of hydrogen-bond acceptors (Lipinski definition) is 3. The summed E-state index contributed by atoms with van der Waals surface area (Å²) in [5, 5.41) is 1.85. The Morgan fingerprint density at radius 1 is 1.08 bits per heavy atom. The number of fused-ring (bicyclic) bond motifs is 2. The fourth-order valence-electron chi connectivity index (χ4n) is 3.33. The van der Waals surface area contributed by atoms with Crippen LogP contribution in [0.4, 0.5) is 5.69 Å². The number of benzene rings is 2. The van der Waals surface area contributed by atoms with Crippen LogP contribution in [-0.2, 0) is 11.2 Å². The molecule has 126 valence electrons. The van der Waals surface area contributed by atoms with Crippen molar-refractivity contribution < 1.29 is 4.79 Å². The number of carbonyl (C=O) groups is 1. The fraction of sp³-hybridized carbons (Fsp3) is 0.238. The Morgan fingerprint density at radius 3 is 2.80 bits per heavy atom. The second-order valence-corrected chi connectivity index (χ2v) is 7.69. The van der Waals surface area contributed by atoms with Crippen molar-refractivity contribution in [3.63, 3.8) is 0 Å². The van der Waals surface area contributed by atoms with Crippen molar-refractivity contribution in [1.29, 1.82) is 0 Å². The van der Waals surface area contributed by atoms with Gasteiger partial charge in [0.25, 0.3) is 0 Å². The van der Waals surface area contributed by atoms with Crippen molar-refractivity contribution in [2.24, 2.45) is 0 Å². The Bertz CT molecular complexity index is 924. The molecule has 1 aliphatic rings. The molecule has 1 atom stereocenters. The number of rotatable bonds is 3. The van der Waals surface area contributed by atoms with Gasteiger partial charge in [-0.15, -0.1) is 0 Å². The summed E-state index contributed by atoms with van der Waals surface area (Å²) in [6, 6.07) is 20.4. The lowest BCUT2D eigenvalue weighted by atomic mass is 10.0. The lowest BCUT2D eigenvalue weighted by Crippen LogP contribution is -2.40. The second kappa shape index (κ2) is 6.89. The fourth-order valence-corrected chi connectivity index (χ4v) is 4.21. The van der Waals surface area contributed by atoms with E-state index in [-0.39, 0.29) is 11.2 Å². The van der Waals surface area contributed by atoms with Crippen LogP contribution in [0.5, 0.6) is 0 Å². The van der Waals surface area contributed by atoms with Crippen LogP contribution in [-0.4, -0.2) is 22.7 Å². The maximum Gasteiger partial charge on any atom is 0.240 e. The molecule has 4 heteroatoms. The highest BCUT2D eigenvalue weighted by molar-refractivity contribution is 8.00. The van der Waals surface area contributed by atoms with Gasteiger partial charge >= 0.3 is 0 Å². The predicted molar refractivity (Wildman–Crippen MR) is 104 cm³/mol. The number of para-hydroxylation sites is 2. The molecule has 0 N–H and O–H groups in total. The average molecular weight is 348 g/mol. The largest absolute Gasteiger partial charge is 0.311 e. The molecule has 0 saturated carbocycles. The number of nitrogens with zero attached hydrogens (tertiary/aromatic N) is 2. The standard InChI is InChI=1S/C21H20N2OS/c1-15(25-20-13-12-16-7-2-4-10-18(16)22-20)21(24)23-14-6-9-17-8-3-5-11-19(17)23/h2-5,7-8,10-13,15H,6,9,14H2,1H3. The highest BCUT2D eigenvalue weighted by atomic mass is 32.2. The van der Waals surface area contributed by atoms with Gasteiger partial charge in [-0.25, -0.2) is 4.98 Å². The molecule has 0 radical (unpaired) electrons. The summed E-state index contributed by atoms with van der Waals surface area (Å²) in [6.45, 7) is 2.77. The van der Waals surface area contributed by atoms with Gasteiger partial charge in [0.2, 0.25) is 5.91 Å². The number of thioether (sulfide) groups is 1. The lowest BCUT2D eigenvalue weighted by molar-refractivity contribution is -0.117. The monoisotopic (exact) mass is 348 g/mol. The maximum absolute atomic E-state index is 13.0. The van der Waals surface area contributed by atoms with Crippen LogP contribution in [0.2, 0.25) is 0 Å². The van der Waals surface area contributed by atoms with Crippen molar-refractivity contribution in [1.82, 2.24) is 4.98 Å². The van der Waals surface area contributed by atoms with E-state index in [1.807, 2.05) is 48.2 Å². The summed E-state index contributed by atoms with van der Waals surface area (Å²) < 4.78 is 0. The van der Waals surface area contributed by atoms with E-state index in [0.717, 1.165) is 41.0 Å². The van der Waals surface area contributed by atoms with Crippen molar-refractivity contribution in [3.8, 4) is 0 Å². The molecule has 0 aliphatic carbocycles. The van der Waals surface area contributed by atoms with Crippen molar-refractivity contribution in [3.05, 3.63) is 66.2 Å². The van der Waals surface area contributed by atoms with E-state index in [2.05, 4.69) is 29.2 Å². The van der Waals surface area contributed by atoms with Crippen molar-refractivity contribution in [2.45, 2.75) is 30.0 Å². The number of anilines is 1. The van der Waals surface area contributed by atoms with E-state index >= 15 is 0 Å². The van der Waals surface area contributed by atoms with Crippen LogP contribution in [0, 0.1) is 0 Å². The molecular formula is C21H20N2OS. The first-order valence-electron chi connectivity index (χ1n) is 8.64. The van der Waals surface area contributed by atoms with E-state index in [1.54, 1.807) is 0 Å². The first-order valence-corrected chi connectivity index (χ1v) is 9.52. The SMILES string of the molecule is CC(Sc1ccc2ccccc2n1)C(=O)N1CCCc2ccccc21. The molecule has 0 spiro atoms. The first kappa shape index (κ1) is 16.2. The summed E-state index contributed by atoms with van der Waals surface area (Å²) >= 11 is 1.53. The normalized spacial score (nSPS) is 15.0. The molecule has 0 saturated heterocycles. The molecule has 2 aromatic carbocycles. The van der Waals surface area contributed by atoms with E-state index in [9.17, 15) is 4.79 Å². The number of carbonyl (C=O) groups excluding carboxylic acids is 1. The highest BCUT2D eigenvalue weighted by Gasteiger charge is 2.26. The zero-order valence-corrected chi connectivity index (χ0v) is 15.0. The quantitative estimate of drug-likeness (QED) is 0.644. The zero-order chi connectivity index (χ0) is 17.2. The Balaban J connectivity index is 1.54. The Kier molecular flexibility index (Phi) is 4.45.